The van der Waals surface area contributed by atoms with Gasteiger partial charge in [-0.2, -0.15) is 0 Å². The molecule has 0 radical (unpaired) electrons. The fraction of sp³-hybridized carbons (Fsp3) is 0.471. The number of hydrogen-bond donors (Lipinski definition) is 1. The third-order valence-electron chi connectivity index (χ3n) is 3.43. The highest BCUT2D eigenvalue weighted by atomic mass is 16.4. The summed E-state index contributed by atoms with van der Waals surface area (Å²) >= 11 is 0. The zero-order valence-corrected chi connectivity index (χ0v) is 12.8. The van der Waals surface area contributed by atoms with Crippen LogP contribution in [-0.4, -0.2) is 11.1 Å². The molecule has 0 aliphatic carbocycles. The molecule has 0 saturated heterocycles. The average Bonchev–Trinajstić information content (AvgIpc) is 2.66. The highest BCUT2D eigenvalue weighted by Gasteiger charge is 2.25. The van der Waals surface area contributed by atoms with Crippen molar-refractivity contribution in [2.75, 3.05) is 0 Å². The Labute approximate surface area is 119 Å². The SMILES string of the molecule is CC(C)Cc1c(C(=O)O)oc2c(C(C)(C)C)cccc12. The molecule has 2 aromatic rings. The molecule has 0 spiro atoms. The van der Waals surface area contributed by atoms with Gasteiger partial charge in [0, 0.05) is 16.5 Å². The van der Waals surface area contributed by atoms with Crippen molar-refractivity contribution in [2.24, 2.45) is 5.92 Å². The molecule has 1 heterocycles. The monoisotopic (exact) mass is 274 g/mol. The van der Waals surface area contributed by atoms with E-state index >= 15 is 0 Å². The minimum Gasteiger partial charge on any atom is -0.475 e. The van der Waals surface area contributed by atoms with Crippen molar-refractivity contribution in [1.82, 2.24) is 0 Å². The molecule has 0 amide bonds. The Morgan fingerprint density at radius 2 is 1.95 bits per heavy atom. The van der Waals surface area contributed by atoms with Crippen LogP contribution in [0.1, 0.15) is 56.3 Å². The number of aromatic carboxylic acids is 1. The van der Waals surface area contributed by atoms with Crippen molar-refractivity contribution in [3.05, 3.63) is 35.1 Å². The van der Waals surface area contributed by atoms with Crippen LogP contribution < -0.4 is 0 Å². The lowest BCUT2D eigenvalue weighted by molar-refractivity contribution is 0.0663. The van der Waals surface area contributed by atoms with E-state index in [1.807, 2.05) is 18.2 Å². The quantitative estimate of drug-likeness (QED) is 0.888. The number of carboxylic acid groups (broad SMARTS) is 1. The Hall–Kier alpha value is -1.77. The molecule has 108 valence electrons. The lowest BCUT2D eigenvalue weighted by Crippen LogP contribution is -2.11. The summed E-state index contributed by atoms with van der Waals surface area (Å²) in [6, 6.07) is 5.95. The van der Waals surface area contributed by atoms with Gasteiger partial charge in [0.25, 0.3) is 0 Å². The van der Waals surface area contributed by atoms with Crippen LogP contribution in [0, 0.1) is 5.92 Å². The maximum atomic E-state index is 11.4. The van der Waals surface area contributed by atoms with Crippen LogP contribution in [0.15, 0.2) is 22.6 Å². The normalized spacial score (nSPS) is 12.3. The Bertz CT molecular complexity index is 642. The van der Waals surface area contributed by atoms with E-state index < -0.39 is 5.97 Å². The van der Waals surface area contributed by atoms with E-state index in [1.54, 1.807) is 0 Å². The maximum absolute atomic E-state index is 11.4. The smallest absolute Gasteiger partial charge is 0.372 e. The van der Waals surface area contributed by atoms with Gasteiger partial charge >= 0.3 is 5.97 Å². The summed E-state index contributed by atoms with van der Waals surface area (Å²) < 4.78 is 5.72. The first-order valence-corrected chi connectivity index (χ1v) is 7.00. The number of fused-ring (bicyclic) bond motifs is 1. The molecule has 2 rings (SSSR count). The van der Waals surface area contributed by atoms with E-state index in [2.05, 4.69) is 34.6 Å². The lowest BCUT2D eigenvalue weighted by atomic mass is 9.85. The second kappa shape index (κ2) is 4.97. The number of hydrogen-bond acceptors (Lipinski definition) is 2. The molecule has 1 N–H and O–H groups in total. The molecule has 0 aliphatic heterocycles. The van der Waals surface area contributed by atoms with Gasteiger partial charge in [-0.3, -0.25) is 0 Å². The van der Waals surface area contributed by atoms with Crippen molar-refractivity contribution in [2.45, 2.75) is 46.5 Å². The summed E-state index contributed by atoms with van der Waals surface area (Å²) in [5, 5.41) is 10.3. The Morgan fingerprint density at radius 3 is 2.45 bits per heavy atom. The first kappa shape index (κ1) is 14.6. The second-order valence-corrected chi connectivity index (χ2v) is 6.75. The first-order valence-electron chi connectivity index (χ1n) is 7.00. The zero-order chi connectivity index (χ0) is 15.1. The van der Waals surface area contributed by atoms with Crippen LogP contribution in [-0.2, 0) is 11.8 Å². The topological polar surface area (TPSA) is 50.4 Å². The summed E-state index contributed by atoms with van der Waals surface area (Å²) in [4.78, 5) is 11.4. The van der Waals surface area contributed by atoms with Crippen molar-refractivity contribution in [1.29, 1.82) is 0 Å². The molecule has 20 heavy (non-hydrogen) atoms. The molecule has 0 unspecified atom stereocenters. The van der Waals surface area contributed by atoms with Crippen LogP contribution >= 0.6 is 0 Å². The third kappa shape index (κ3) is 2.58. The minimum atomic E-state index is -0.989. The number of furan rings is 1. The van der Waals surface area contributed by atoms with Gasteiger partial charge in [0.05, 0.1) is 0 Å². The van der Waals surface area contributed by atoms with Crippen molar-refractivity contribution in [3.8, 4) is 0 Å². The summed E-state index contributed by atoms with van der Waals surface area (Å²) in [6.45, 7) is 10.5. The fourth-order valence-electron chi connectivity index (χ4n) is 2.54. The number of rotatable bonds is 3. The Morgan fingerprint density at radius 1 is 1.30 bits per heavy atom. The van der Waals surface area contributed by atoms with E-state index in [9.17, 15) is 9.90 Å². The molecule has 0 saturated carbocycles. The number of carbonyl (C=O) groups is 1. The summed E-state index contributed by atoms with van der Waals surface area (Å²) in [5.41, 5.74) is 2.50. The molecule has 1 aromatic heterocycles. The van der Waals surface area contributed by atoms with Gasteiger partial charge in [-0.1, -0.05) is 52.8 Å². The minimum absolute atomic E-state index is 0.0811. The van der Waals surface area contributed by atoms with E-state index in [4.69, 9.17) is 4.42 Å². The van der Waals surface area contributed by atoms with Gasteiger partial charge in [-0.15, -0.1) is 0 Å². The highest BCUT2D eigenvalue weighted by molar-refractivity contribution is 5.96. The number of benzene rings is 1. The molecule has 0 aliphatic rings. The fourth-order valence-corrected chi connectivity index (χ4v) is 2.54. The van der Waals surface area contributed by atoms with Crippen molar-refractivity contribution < 1.29 is 14.3 Å². The van der Waals surface area contributed by atoms with Crippen LogP contribution in [0.5, 0.6) is 0 Å². The summed E-state index contributed by atoms with van der Waals surface area (Å²) in [6.07, 6.45) is 0.711. The van der Waals surface area contributed by atoms with Gasteiger partial charge < -0.3 is 9.52 Å². The van der Waals surface area contributed by atoms with Gasteiger partial charge in [0.1, 0.15) is 5.58 Å². The standard InChI is InChI=1S/C17H22O3/c1-10(2)9-12-11-7-6-8-13(17(3,4)5)14(11)20-15(12)16(18)19/h6-8,10H,9H2,1-5H3,(H,18,19). The number of carboxylic acids is 1. The molecule has 0 fully saturated rings. The van der Waals surface area contributed by atoms with Crippen LogP contribution in [0.4, 0.5) is 0 Å². The van der Waals surface area contributed by atoms with Crippen LogP contribution in [0.3, 0.4) is 0 Å². The number of para-hydroxylation sites is 1. The predicted octanol–water partition coefficient (Wildman–Crippen LogP) is 4.63. The summed E-state index contributed by atoms with van der Waals surface area (Å²) in [7, 11) is 0. The van der Waals surface area contributed by atoms with Crippen molar-refractivity contribution in [3.63, 3.8) is 0 Å². The van der Waals surface area contributed by atoms with E-state index in [0.717, 1.165) is 16.5 Å². The van der Waals surface area contributed by atoms with Crippen LogP contribution in [0.25, 0.3) is 11.0 Å². The molecule has 3 nitrogen and oxygen atoms in total. The van der Waals surface area contributed by atoms with Crippen molar-refractivity contribution >= 4 is 16.9 Å². The molecular weight excluding hydrogens is 252 g/mol. The Kier molecular flexibility index (Phi) is 3.63. The first-order chi connectivity index (χ1) is 9.21. The van der Waals surface area contributed by atoms with E-state index in [0.29, 0.717) is 17.9 Å². The zero-order valence-electron chi connectivity index (χ0n) is 12.8. The van der Waals surface area contributed by atoms with Gasteiger partial charge in [-0.25, -0.2) is 4.79 Å². The largest absolute Gasteiger partial charge is 0.475 e. The molecule has 0 bridgehead atoms. The van der Waals surface area contributed by atoms with Gasteiger partial charge in [0.2, 0.25) is 5.76 Å². The second-order valence-electron chi connectivity index (χ2n) is 6.75. The predicted molar refractivity (Wildman–Crippen MR) is 80.4 cm³/mol. The van der Waals surface area contributed by atoms with Gasteiger partial charge in [-0.05, 0) is 17.8 Å². The van der Waals surface area contributed by atoms with Gasteiger partial charge in [0.15, 0.2) is 0 Å². The molecule has 3 heteroatoms. The van der Waals surface area contributed by atoms with E-state index in [-0.39, 0.29) is 11.2 Å². The van der Waals surface area contributed by atoms with E-state index in [1.165, 1.54) is 0 Å². The molecular formula is C17H22O3. The van der Waals surface area contributed by atoms with Crippen LogP contribution in [0.2, 0.25) is 0 Å². The maximum Gasteiger partial charge on any atom is 0.372 e. The summed E-state index contributed by atoms with van der Waals surface area (Å²) in [5.74, 6) is -0.519. The lowest BCUT2D eigenvalue weighted by Gasteiger charge is -2.18. The molecule has 0 atom stereocenters. The highest BCUT2D eigenvalue weighted by Crippen LogP contribution is 2.35. The third-order valence-corrected chi connectivity index (χ3v) is 3.43. The molecule has 1 aromatic carbocycles. The average molecular weight is 274 g/mol. The Balaban J connectivity index is 2.77.